The van der Waals surface area contributed by atoms with Gasteiger partial charge in [-0.2, -0.15) is 0 Å². The van der Waals surface area contributed by atoms with E-state index in [1.807, 2.05) is 0 Å². The zero-order valence-corrected chi connectivity index (χ0v) is 8.79. The highest BCUT2D eigenvalue weighted by Gasteiger charge is 2.04. The molecule has 5 nitrogen and oxygen atoms in total. The van der Waals surface area contributed by atoms with E-state index in [1.165, 1.54) is 4.90 Å². The molecule has 80 valence electrons. The summed E-state index contributed by atoms with van der Waals surface area (Å²) in [5, 5.41) is 2.56. The lowest BCUT2D eigenvalue weighted by atomic mass is 10.4. The van der Waals surface area contributed by atoms with Gasteiger partial charge in [-0.25, -0.2) is 9.59 Å². The van der Waals surface area contributed by atoms with Gasteiger partial charge in [0.15, 0.2) is 0 Å². The molecule has 0 saturated carbocycles. The first-order chi connectivity index (χ1) is 6.45. The maximum Gasteiger partial charge on any atom is 0.333 e. The van der Waals surface area contributed by atoms with Gasteiger partial charge in [0, 0.05) is 19.7 Å². The minimum atomic E-state index is -0.441. The zero-order valence-electron chi connectivity index (χ0n) is 8.79. The van der Waals surface area contributed by atoms with Crippen molar-refractivity contribution in [3.63, 3.8) is 0 Å². The first-order valence-electron chi connectivity index (χ1n) is 4.23. The van der Waals surface area contributed by atoms with Crippen molar-refractivity contribution in [3.05, 3.63) is 12.2 Å². The number of ether oxygens (including phenoxy) is 1. The molecule has 0 aromatic heterocycles. The Morgan fingerprint density at radius 2 is 2.00 bits per heavy atom. The quantitative estimate of drug-likeness (QED) is 0.405. The number of hydrogen-bond acceptors (Lipinski definition) is 3. The van der Waals surface area contributed by atoms with Crippen LogP contribution in [0.2, 0.25) is 0 Å². The summed E-state index contributed by atoms with van der Waals surface area (Å²) in [5.41, 5.74) is 0.351. The van der Waals surface area contributed by atoms with Crippen LogP contribution in [0.5, 0.6) is 0 Å². The van der Waals surface area contributed by atoms with Gasteiger partial charge < -0.3 is 15.0 Å². The van der Waals surface area contributed by atoms with E-state index in [2.05, 4.69) is 11.9 Å². The van der Waals surface area contributed by atoms with E-state index in [1.54, 1.807) is 21.0 Å². The number of nitrogens with one attached hydrogen (secondary N) is 1. The Bertz CT molecular complexity index is 236. The molecule has 0 unspecified atom stereocenters. The zero-order chi connectivity index (χ0) is 11.1. The highest BCUT2D eigenvalue weighted by molar-refractivity contribution is 5.86. The van der Waals surface area contributed by atoms with Crippen LogP contribution in [0, 0.1) is 0 Å². The molecule has 0 aromatic rings. The summed E-state index contributed by atoms with van der Waals surface area (Å²) in [5.74, 6) is -0.441. The summed E-state index contributed by atoms with van der Waals surface area (Å²) in [6.45, 7) is 5.46. The molecule has 0 aliphatic rings. The third-order valence-corrected chi connectivity index (χ3v) is 1.37. The molecule has 0 bridgehead atoms. The van der Waals surface area contributed by atoms with Gasteiger partial charge >= 0.3 is 12.0 Å². The van der Waals surface area contributed by atoms with Crippen LogP contribution in [0.3, 0.4) is 0 Å². The topological polar surface area (TPSA) is 58.6 Å². The van der Waals surface area contributed by atoms with E-state index in [0.717, 1.165) is 0 Å². The molecule has 0 rings (SSSR count). The number of esters is 1. The summed E-state index contributed by atoms with van der Waals surface area (Å²) in [4.78, 5) is 23.3. The van der Waals surface area contributed by atoms with E-state index in [0.29, 0.717) is 12.1 Å². The predicted molar refractivity (Wildman–Crippen MR) is 52.9 cm³/mol. The van der Waals surface area contributed by atoms with Crippen molar-refractivity contribution < 1.29 is 14.3 Å². The van der Waals surface area contributed by atoms with Gasteiger partial charge in [0.25, 0.3) is 0 Å². The number of rotatable bonds is 4. The average molecular weight is 200 g/mol. The molecule has 5 heteroatoms. The monoisotopic (exact) mass is 200 g/mol. The molecule has 0 fully saturated rings. The Balaban J connectivity index is 3.52. The van der Waals surface area contributed by atoms with Crippen molar-refractivity contribution >= 4 is 12.0 Å². The minimum absolute atomic E-state index is 0.158. The smallest absolute Gasteiger partial charge is 0.333 e. The van der Waals surface area contributed by atoms with Crippen LogP contribution in [0.1, 0.15) is 6.92 Å². The summed E-state index contributed by atoms with van der Waals surface area (Å²) >= 11 is 0. The van der Waals surface area contributed by atoms with Crippen LogP contribution in [-0.4, -0.2) is 44.1 Å². The number of carbonyl (C=O) groups excluding carboxylic acids is 2. The molecule has 2 amide bonds. The van der Waals surface area contributed by atoms with Crippen molar-refractivity contribution in [3.8, 4) is 0 Å². The second-order valence-corrected chi connectivity index (χ2v) is 3.04. The molecule has 0 aromatic carbocycles. The Kier molecular flexibility index (Phi) is 5.36. The van der Waals surface area contributed by atoms with Gasteiger partial charge in [-0.3, -0.25) is 0 Å². The third kappa shape index (κ3) is 5.18. The number of nitrogens with zero attached hydrogens (tertiary/aromatic N) is 1. The normalized spacial score (nSPS) is 9.07. The fourth-order valence-corrected chi connectivity index (χ4v) is 0.583. The lowest BCUT2D eigenvalue weighted by molar-refractivity contribution is -0.138. The first-order valence-corrected chi connectivity index (χ1v) is 4.23. The first kappa shape index (κ1) is 12.5. The fraction of sp³-hybridized carbons (Fsp3) is 0.556. The summed E-state index contributed by atoms with van der Waals surface area (Å²) in [6, 6.07) is -0.212. The second kappa shape index (κ2) is 6.01. The molecule has 0 aliphatic carbocycles. The predicted octanol–water partition coefficient (Wildman–Crippen LogP) is 0.377. The van der Waals surface area contributed by atoms with Crippen LogP contribution < -0.4 is 5.32 Å². The lowest BCUT2D eigenvalue weighted by Gasteiger charge is -2.11. The molecule has 0 radical (unpaired) electrons. The van der Waals surface area contributed by atoms with E-state index in [4.69, 9.17) is 4.74 Å². The van der Waals surface area contributed by atoms with Gasteiger partial charge in [0.1, 0.15) is 6.61 Å². The van der Waals surface area contributed by atoms with Crippen LogP contribution in [0.25, 0.3) is 0 Å². The van der Waals surface area contributed by atoms with Crippen LogP contribution in [-0.2, 0) is 9.53 Å². The summed E-state index contributed by atoms with van der Waals surface area (Å²) in [6.07, 6.45) is 0. The van der Waals surface area contributed by atoms with Gasteiger partial charge in [0.2, 0.25) is 0 Å². The van der Waals surface area contributed by atoms with Gasteiger partial charge in [0.05, 0.1) is 6.54 Å². The second-order valence-electron chi connectivity index (χ2n) is 3.04. The Morgan fingerprint density at radius 3 is 2.43 bits per heavy atom. The average Bonchev–Trinajstić information content (AvgIpc) is 2.11. The van der Waals surface area contributed by atoms with E-state index in [9.17, 15) is 9.59 Å². The largest absolute Gasteiger partial charge is 0.460 e. The molecule has 0 aliphatic heterocycles. The van der Waals surface area contributed by atoms with Crippen molar-refractivity contribution in [2.75, 3.05) is 27.2 Å². The Morgan fingerprint density at radius 1 is 1.43 bits per heavy atom. The highest BCUT2D eigenvalue weighted by Crippen LogP contribution is 1.90. The molecule has 1 N–H and O–H groups in total. The number of urea groups is 1. The fourth-order valence-electron chi connectivity index (χ4n) is 0.583. The standard InChI is InChI=1S/C9H16N2O3/c1-7(2)8(12)14-6-5-10-9(13)11(3)4/h1,5-6H2,2-4H3,(H,10,13). The number of carbonyl (C=O) groups is 2. The van der Waals surface area contributed by atoms with Crippen LogP contribution in [0.4, 0.5) is 4.79 Å². The van der Waals surface area contributed by atoms with Gasteiger partial charge in [-0.1, -0.05) is 6.58 Å². The van der Waals surface area contributed by atoms with Gasteiger partial charge in [-0.05, 0) is 6.92 Å². The van der Waals surface area contributed by atoms with E-state index >= 15 is 0 Å². The maximum absolute atomic E-state index is 11.0. The summed E-state index contributed by atoms with van der Waals surface area (Å²) in [7, 11) is 3.27. The molecular weight excluding hydrogens is 184 g/mol. The molecule has 0 atom stereocenters. The highest BCUT2D eigenvalue weighted by atomic mass is 16.5. The van der Waals surface area contributed by atoms with Crippen molar-refractivity contribution in [1.29, 1.82) is 0 Å². The van der Waals surface area contributed by atoms with Crippen molar-refractivity contribution in [1.82, 2.24) is 10.2 Å². The molecule has 0 saturated heterocycles. The van der Waals surface area contributed by atoms with E-state index in [-0.39, 0.29) is 12.6 Å². The Hall–Kier alpha value is -1.52. The molecule has 0 heterocycles. The molecule has 14 heavy (non-hydrogen) atoms. The molecule has 0 spiro atoms. The van der Waals surface area contributed by atoms with E-state index < -0.39 is 5.97 Å². The van der Waals surface area contributed by atoms with Gasteiger partial charge in [-0.15, -0.1) is 0 Å². The SMILES string of the molecule is C=C(C)C(=O)OCCNC(=O)N(C)C. The van der Waals surface area contributed by atoms with Crippen LogP contribution in [0.15, 0.2) is 12.2 Å². The maximum atomic E-state index is 11.0. The number of hydrogen-bond donors (Lipinski definition) is 1. The number of amides is 2. The Labute approximate surface area is 83.7 Å². The summed E-state index contributed by atoms with van der Waals surface area (Å²) < 4.78 is 4.76. The van der Waals surface area contributed by atoms with Crippen molar-refractivity contribution in [2.45, 2.75) is 6.92 Å². The lowest BCUT2D eigenvalue weighted by Crippen LogP contribution is -2.36. The van der Waals surface area contributed by atoms with Crippen LogP contribution >= 0.6 is 0 Å². The van der Waals surface area contributed by atoms with Crippen molar-refractivity contribution in [2.24, 2.45) is 0 Å². The molecular formula is C9H16N2O3. The minimum Gasteiger partial charge on any atom is -0.460 e. The third-order valence-electron chi connectivity index (χ3n) is 1.37.